The molecule has 128 valence electrons. The number of aromatic amines is 1. The summed E-state index contributed by atoms with van der Waals surface area (Å²) in [4.78, 5) is 27.1. The number of nitrogens with one attached hydrogen (secondary N) is 2. The number of methoxy groups -OCH3 is 2. The molecule has 0 bridgehead atoms. The fourth-order valence-corrected chi connectivity index (χ4v) is 2.58. The molecule has 1 heterocycles. The first kappa shape index (κ1) is 16.9. The number of ether oxygens (including phenoxy) is 2. The van der Waals surface area contributed by atoms with Crippen LogP contribution in [0.15, 0.2) is 42.5 Å². The van der Waals surface area contributed by atoms with Crippen molar-refractivity contribution < 1.29 is 19.1 Å². The molecule has 7 heteroatoms. The molecular formula is C18H15ClN2O4. The number of halogens is 1. The van der Waals surface area contributed by atoms with Crippen LogP contribution < -0.4 is 10.1 Å². The minimum atomic E-state index is -0.509. The van der Waals surface area contributed by atoms with Gasteiger partial charge in [0.1, 0.15) is 11.4 Å². The summed E-state index contributed by atoms with van der Waals surface area (Å²) in [6.45, 7) is 0. The number of H-pyrrole nitrogens is 1. The Morgan fingerprint density at radius 2 is 1.88 bits per heavy atom. The van der Waals surface area contributed by atoms with E-state index in [1.165, 1.54) is 25.3 Å². The van der Waals surface area contributed by atoms with Crippen molar-refractivity contribution in [2.75, 3.05) is 19.5 Å². The van der Waals surface area contributed by atoms with E-state index >= 15 is 0 Å². The molecule has 0 radical (unpaired) electrons. The summed E-state index contributed by atoms with van der Waals surface area (Å²) in [5.41, 5.74) is 1.79. The van der Waals surface area contributed by atoms with E-state index in [1.54, 1.807) is 19.2 Å². The largest absolute Gasteiger partial charge is 0.497 e. The average molecular weight is 359 g/mol. The van der Waals surface area contributed by atoms with Crippen molar-refractivity contribution >= 4 is 40.1 Å². The number of carbonyl (C=O) groups excluding carboxylic acids is 2. The molecule has 0 atom stereocenters. The number of fused-ring (bicyclic) bond motifs is 1. The van der Waals surface area contributed by atoms with Gasteiger partial charge < -0.3 is 19.8 Å². The van der Waals surface area contributed by atoms with Crippen LogP contribution >= 0.6 is 11.6 Å². The van der Waals surface area contributed by atoms with Crippen molar-refractivity contribution in [3.63, 3.8) is 0 Å². The number of benzene rings is 2. The highest BCUT2D eigenvalue weighted by molar-refractivity contribution is 6.34. The zero-order chi connectivity index (χ0) is 18.0. The van der Waals surface area contributed by atoms with Crippen molar-refractivity contribution in [1.29, 1.82) is 0 Å². The third-order valence-electron chi connectivity index (χ3n) is 3.71. The second kappa shape index (κ2) is 6.86. The number of aromatic nitrogens is 1. The lowest BCUT2D eigenvalue weighted by Crippen LogP contribution is -2.13. The van der Waals surface area contributed by atoms with Gasteiger partial charge in [0.15, 0.2) is 0 Å². The van der Waals surface area contributed by atoms with E-state index in [9.17, 15) is 9.59 Å². The molecule has 0 aliphatic rings. The highest BCUT2D eigenvalue weighted by atomic mass is 35.5. The highest BCUT2D eigenvalue weighted by Crippen LogP contribution is 2.25. The van der Waals surface area contributed by atoms with Crippen molar-refractivity contribution in [1.82, 2.24) is 4.98 Å². The monoisotopic (exact) mass is 358 g/mol. The Morgan fingerprint density at radius 1 is 1.08 bits per heavy atom. The van der Waals surface area contributed by atoms with Crippen LogP contribution in [0, 0.1) is 0 Å². The number of hydrogen-bond acceptors (Lipinski definition) is 4. The molecule has 25 heavy (non-hydrogen) atoms. The van der Waals surface area contributed by atoms with Gasteiger partial charge in [-0.25, -0.2) is 4.79 Å². The van der Waals surface area contributed by atoms with Crippen LogP contribution in [0.2, 0.25) is 5.02 Å². The van der Waals surface area contributed by atoms with E-state index in [4.69, 9.17) is 16.3 Å². The number of carbonyl (C=O) groups is 2. The molecule has 1 aromatic heterocycles. The maximum absolute atomic E-state index is 12.5. The molecule has 0 saturated carbocycles. The fraction of sp³-hybridized carbons (Fsp3) is 0.111. The summed E-state index contributed by atoms with van der Waals surface area (Å²) in [7, 11) is 2.87. The third-order valence-corrected chi connectivity index (χ3v) is 4.04. The van der Waals surface area contributed by atoms with Gasteiger partial charge in [-0.1, -0.05) is 11.6 Å². The second-order valence-corrected chi connectivity index (χ2v) is 5.68. The van der Waals surface area contributed by atoms with Gasteiger partial charge in [0.2, 0.25) is 0 Å². The Morgan fingerprint density at radius 3 is 2.60 bits per heavy atom. The summed E-state index contributed by atoms with van der Waals surface area (Å²) in [5.74, 6) is -0.184. The SMILES string of the molecule is COC(=O)c1ccc(Cl)c(NC(=O)c2cc3cc(OC)ccc3[nH]2)c1. The number of hydrogen-bond donors (Lipinski definition) is 2. The van der Waals surface area contributed by atoms with Gasteiger partial charge in [-0.05, 0) is 42.5 Å². The zero-order valence-electron chi connectivity index (χ0n) is 13.6. The smallest absolute Gasteiger partial charge is 0.337 e. The lowest BCUT2D eigenvalue weighted by atomic mass is 10.2. The Bertz CT molecular complexity index is 965. The van der Waals surface area contributed by atoms with Crippen molar-refractivity contribution in [2.45, 2.75) is 0 Å². The summed E-state index contributed by atoms with van der Waals surface area (Å²) < 4.78 is 9.84. The van der Waals surface area contributed by atoms with Gasteiger partial charge >= 0.3 is 5.97 Å². The van der Waals surface area contributed by atoms with Gasteiger partial charge in [0.05, 0.1) is 30.5 Å². The maximum Gasteiger partial charge on any atom is 0.337 e. The lowest BCUT2D eigenvalue weighted by molar-refractivity contribution is 0.0600. The predicted molar refractivity (Wildman–Crippen MR) is 95.6 cm³/mol. The molecule has 0 aliphatic carbocycles. The molecular weight excluding hydrogens is 344 g/mol. The number of amides is 1. The molecule has 2 N–H and O–H groups in total. The minimum absolute atomic E-state index is 0.295. The third kappa shape index (κ3) is 3.44. The van der Waals surface area contributed by atoms with Crippen LogP contribution in [0.1, 0.15) is 20.8 Å². The Labute approximate surface area is 148 Å². The molecule has 3 rings (SSSR count). The van der Waals surface area contributed by atoms with Crippen LogP contribution in [0.25, 0.3) is 10.9 Å². The summed E-state index contributed by atoms with van der Waals surface area (Å²) in [6.07, 6.45) is 0. The Balaban J connectivity index is 1.88. The minimum Gasteiger partial charge on any atom is -0.497 e. The summed E-state index contributed by atoms with van der Waals surface area (Å²) in [6, 6.07) is 11.7. The second-order valence-electron chi connectivity index (χ2n) is 5.28. The standard InChI is InChI=1S/C18H15ClN2O4/c1-24-12-4-6-14-11(7-12)9-16(20-14)17(22)21-15-8-10(18(23)25-2)3-5-13(15)19/h3-9,20H,1-2H3,(H,21,22). The van der Waals surface area contributed by atoms with Crippen LogP contribution in [0.4, 0.5) is 5.69 Å². The normalized spacial score (nSPS) is 10.5. The number of esters is 1. The van der Waals surface area contributed by atoms with E-state index in [1.807, 2.05) is 12.1 Å². The van der Waals surface area contributed by atoms with Crippen LogP contribution in [-0.4, -0.2) is 31.1 Å². The molecule has 0 fully saturated rings. The fourth-order valence-electron chi connectivity index (χ4n) is 2.42. The van der Waals surface area contributed by atoms with Crippen LogP contribution in [-0.2, 0) is 4.74 Å². The first-order valence-corrected chi connectivity index (χ1v) is 7.75. The lowest BCUT2D eigenvalue weighted by Gasteiger charge is -2.08. The van der Waals surface area contributed by atoms with Gasteiger partial charge in [0.25, 0.3) is 5.91 Å². The molecule has 3 aromatic rings. The Kier molecular flexibility index (Phi) is 4.63. The number of rotatable bonds is 4. The molecule has 0 unspecified atom stereocenters. The first-order chi connectivity index (χ1) is 12.0. The zero-order valence-corrected chi connectivity index (χ0v) is 14.3. The molecule has 1 amide bonds. The van der Waals surface area contributed by atoms with E-state index in [2.05, 4.69) is 15.0 Å². The van der Waals surface area contributed by atoms with E-state index in [-0.39, 0.29) is 5.91 Å². The van der Waals surface area contributed by atoms with Crippen LogP contribution in [0.3, 0.4) is 0 Å². The molecule has 0 saturated heterocycles. The van der Waals surface area contributed by atoms with Crippen molar-refractivity contribution in [2.24, 2.45) is 0 Å². The van der Waals surface area contributed by atoms with E-state index in [0.29, 0.717) is 27.7 Å². The summed E-state index contributed by atoms with van der Waals surface area (Å²) >= 11 is 6.10. The van der Waals surface area contributed by atoms with Crippen LogP contribution in [0.5, 0.6) is 5.75 Å². The first-order valence-electron chi connectivity index (χ1n) is 7.38. The maximum atomic E-state index is 12.5. The Hall–Kier alpha value is -2.99. The summed E-state index contributed by atoms with van der Waals surface area (Å²) in [5, 5.41) is 3.86. The van der Waals surface area contributed by atoms with Gasteiger partial charge in [-0.3, -0.25) is 4.79 Å². The van der Waals surface area contributed by atoms with Crippen molar-refractivity contribution in [3.05, 3.63) is 58.7 Å². The predicted octanol–water partition coefficient (Wildman–Crippen LogP) is 3.87. The van der Waals surface area contributed by atoms with E-state index in [0.717, 1.165) is 10.9 Å². The van der Waals surface area contributed by atoms with Gasteiger partial charge in [-0.2, -0.15) is 0 Å². The molecule has 2 aromatic carbocycles. The van der Waals surface area contributed by atoms with Gasteiger partial charge in [0, 0.05) is 10.9 Å². The molecule has 0 aliphatic heterocycles. The average Bonchev–Trinajstić information content (AvgIpc) is 3.06. The van der Waals surface area contributed by atoms with E-state index < -0.39 is 5.97 Å². The quantitative estimate of drug-likeness (QED) is 0.694. The van der Waals surface area contributed by atoms with Gasteiger partial charge in [-0.15, -0.1) is 0 Å². The van der Waals surface area contributed by atoms with Crippen molar-refractivity contribution in [3.8, 4) is 5.75 Å². The molecule has 0 spiro atoms. The topological polar surface area (TPSA) is 80.4 Å². The highest BCUT2D eigenvalue weighted by Gasteiger charge is 2.14. The number of anilines is 1. The molecule has 6 nitrogen and oxygen atoms in total.